The summed E-state index contributed by atoms with van der Waals surface area (Å²) in [6, 6.07) is 4.12. The van der Waals surface area contributed by atoms with Crippen molar-refractivity contribution in [1.29, 1.82) is 0 Å². The van der Waals surface area contributed by atoms with Gasteiger partial charge in [0.1, 0.15) is 4.90 Å². The van der Waals surface area contributed by atoms with Crippen LogP contribution in [0, 0.1) is 0 Å². The molecule has 0 radical (unpaired) electrons. The average molecular weight is 284 g/mol. The van der Waals surface area contributed by atoms with E-state index >= 15 is 0 Å². The molecule has 7 heteroatoms. The van der Waals surface area contributed by atoms with Gasteiger partial charge in [-0.25, -0.2) is 13.2 Å². The largest absolute Gasteiger partial charge is 0.465 e. The monoisotopic (exact) mass is 284 g/mol. The van der Waals surface area contributed by atoms with Crippen molar-refractivity contribution in [3.63, 3.8) is 0 Å². The topological polar surface area (TPSA) is 89.7 Å². The van der Waals surface area contributed by atoms with Gasteiger partial charge in [0.15, 0.2) is 0 Å². The summed E-state index contributed by atoms with van der Waals surface area (Å²) in [6.45, 7) is 0. The third-order valence-electron chi connectivity index (χ3n) is 3.15. The third kappa shape index (κ3) is 2.57. The molecule has 2 N–H and O–H groups in total. The van der Waals surface area contributed by atoms with Crippen LogP contribution in [0.15, 0.2) is 23.1 Å². The normalized spacial score (nSPS) is 15.5. The predicted octanol–water partition coefficient (Wildman–Crippen LogP) is 0.838. The van der Waals surface area contributed by atoms with E-state index in [4.69, 9.17) is 5.73 Å². The second-order valence-electron chi connectivity index (χ2n) is 4.50. The fourth-order valence-corrected chi connectivity index (χ4v) is 3.33. The lowest BCUT2D eigenvalue weighted by molar-refractivity contribution is 0.0600. The molecule has 0 unspecified atom stereocenters. The Kier molecular flexibility index (Phi) is 3.51. The van der Waals surface area contributed by atoms with Gasteiger partial charge in [0.25, 0.3) is 0 Å². The molecular formula is C12H16N2O4S. The summed E-state index contributed by atoms with van der Waals surface area (Å²) < 4.78 is 30.5. The van der Waals surface area contributed by atoms with Crippen LogP contribution < -0.4 is 5.73 Å². The number of hydrogen-bond donors (Lipinski definition) is 1. The van der Waals surface area contributed by atoms with Gasteiger partial charge in [0, 0.05) is 13.1 Å². The second-order valence-corrected chi connectivity index (χ2v) is 6.46. The summed E-state index contributed by atoms with van der Waals surface area (Å²) in [6.07, 6.45) is 1.74. The van der Waals surface area contributed by atoms with Gasteiger partial charge >= 0.3 is 5.97 Å². The lowest BCUT2D eigenvalue weighted by Crippen LogP contribution is -2.29. The lowest BCUT2D eigenvalue weighted by atomic mass is 10.2. The van der Waals surface area contributed by atoms with Crippen molar-refractivity contribution >= 4 is 21.7 Å². The second kappa shape index (κ2) is 4.82. The molecule has 19 heavy (non-hydrogen) atoms. The number of hydrogen-bond acceptors (Lipinski definition) is 5. The maximum Gasteiger partial charge on any atom is 0.337 e. The number of nitrogens with zero attached hydrogens (tertiary/aromatic N) is 1. The molecule has 2 rings (SSSR count). The maximum absolute atomic E-state index is 12.3. The Morgan fingerprint density at radius 2 is 2.05 bits per heavy atom. The minimum Gasteiger partial charge on any atom is -0.465 e. The van der Waals surface area contributed by atoms with Gasteiger partial charge in [-0.05, 0) is 31.0 Å². The van der Waals surface area contributed by atoms with E-state index in [1.807, 2.05) is 0 Å². The van der Waals surface area contributed by atoms with Crippen LogP contribution in [0.25, 0.3) is 0 Å². The molecule has 1 aromatic carbocycles. The van der Waals surface area contributed by atoms with Crippen molar-refractivity contribution in [3.05, 3.63) is 23.8 Å². The smallest absolute Gasteiger partial charge is 0.337 e. The number of rotatable bonds is 4. The summed E-state index contributed by atoms with van der Waals surface area (Å²) in [5.41, 5.74) is 6.03. The number of benzene rings is 1. The van der Waals surface area contributed by atoms with E-state index in [1.165, 1.54) is 29.6 Å². The summed E-state index contributed by atoms with van der Waals surface area (Å²) in [7, 11) is -0.803. The van der Waals surface area contributed by atoms with Gasteiger partial charge in [-0.3, -0.25) is 0 Å². The predicted molar refractivity (Wildman–Crippen MR) is 70.2 cm³/mol. The Bertz CT molecular complexity index is 608. The zero-order valence-electron chi connectivity index (χ0n) is 10.8. The van der Waals surface area contributed by atoms with Crippen LogP contribution in [0.4, 0.5) is 5.69 Å². The van der Waals surface area contributed by atoms with Crippen molar-refractivity contribution in [2.45, 2.75) is 23.8 Å². The zero-order valence-corrected chi connectivity index (χ0v) is 11.6. The number of sulfonamides is 1. The first kappa shape index (κ1) is 13.8. The molecular weight excluding hydrogens is 268 g/mol. The number of anilines is 1. The minimum absolute atomic E-state index is 0.0227. The molecule has 1 aliphatic carbocycles. The number of nitrogens with two attached hydrogens (primary N) is 1. The van der Waals surface area contributed by atoms with Gasteiger partial charge in [-0.1, -0.05) is 0 Å². The average Bonchev–Trinajstić information content (AvgIpc) is 3.20. The van der Waals surface area contributed by atoms with Crippen LogP contribution in [0.3, 0.4) is 0 Å². The highest BCUT2D eigenvalue weighted by Crippen LogP contribution is 2.32. The quantitative estimate of drug-likeness (QED) is 0.653. The van der Waals surface area contributed by atoms with Crippen molar-refractivity contribution in [2.24, 2.45) is 0 Å². The first-order valence-electron chi connectivity index (χ1n) is 5.84. The first-order valence-corrected chi connectivity index (χ1v) is 7.28. The summed E-state index contributed by atoms with van der Waals surface area (Å²) >= 11 is 0. The number of methoxy groups -OCH3 is 1. The molecule has 0 spiro atoms. The van der Waals surface area contributed by atoms with Crippen molar-refractivity contribution in [3.8, 4) is 0 Å². The molecule has 1 aromatic rings. The van der Waals surface area contributed by atoms with E-state index in [1.54, 1.807) is 7.05 Å². The van der Waals surface area contributed by atoms with Gasteiger partial charge in [-0.15, -0.1) is 0 Å². The SMILES string of the molecule is COC(=O)c1ccc(S(=O)(=O)N(C)C2CC2)c(N)c1. The zero-order chi connectivity index (χ0) is 14.2. The minimum atomic E-state index is -3.60. The Labute approximate surface area is 112 Å². The summed E-state index contributed by atoms with van der Waals surface area (Å²) in [5.74, 6) is -0.550. The molecule has 6 nitrogen and oxygen atoms in total. The molecule has 1 saturated carbocycles. The number of carbonyl (C=O) groups is 1. The number of ether oxygens (including phenoxy) is 1. The summed E-state index contributed by atoms with van der Waals surface area (Å²) in [5, 5.41) is 0. The molecule has 0 aromatic heterocycles. The Morgan fingerprint density at radius 1 is 1.42 bits per heavy atom. The number of carbonyl (C=O) groups excluding carboxylic acids is 1. The molecule has 104 valence electrons. The lowest BCUT2D eigenvalue weighted by Gasteiger charge is -2.17. The molecule has 0 aliphatic heterocycles. The fourth-order valence-electron chi connectivity index (χ4n) is 1.82. The van der Waals surface area contributed by atoms with Crippen LogP contribution in [0.1, 0.15) is 23.2 Å². The molecule has 0 atom stereocenters. The molecule has 0 heterocycles. The molecule has 0 amide bonds. The van der Waals surface area contributed by atoms with Crippen LogP contribution in [-0.2, 0) is 14.8 Å². The summed E-state index contributed by atoms with van der Waals surface area (Å²) in [4.78, 5) is 11.4. The van der Waals surface area contributed by atoms with Crippen LogP contribution in [0.2, 0.25) is 0 Å². The van der Waals surface area contributed by atoms with Gasteiger partial charge in [-0.2, -0.15) is 4.31 Å². The van der Waals surface area contributed by atoms with Gasteiger partial charge in [0.05, 0.1) is 18.4 Å². The Hall–Kier alpha value is -1.60. The fraction of sp³-hybridized carbons (Fsp3) is 0.417. The number of esters is 1. The molecule has 1 aliphatic rings. The highest BCUT2D eigenvalue weighted by Gasteiger charge is 2.36. The Morgan fingerprint density at radius 3 is 2.53 bits per heavy atom. The van der Waals surface area contributed by atoms with E-state index in [0.717, 1.165) is 12.8 Å². The van der Waals surface area contributed by atoms with E-state index in [2.05, 4.69) is 4.74 Å². The van der Waals surface area contributed by atoms with E-state index in [-0.39, 0.29) is 22.2 Å². The molecule has 0 saturated heterocycles. The molecule has 0 bridgehead atoms. The third-order valence-corrected chi connectivity index (χ3v) is 5.13. The van der Waals surface area contributed by atoms with Crippen LogP contribution in [0.5, 0.6) is 0 Å². The maximum atomic E-state index is 12.3. The van der Waals surface area contributed by atoms with E-state index in [9.17, 15) is 13.2 Å². The number of nitrogen functional groups attached to an aromatic ring is 1. The van der Waals surface area contributed by atoms with E-state index in [0.29, 0.717) is 0 Å². The van der Waals surface area contributed by atoms with Crippen LogP contribution in [-0.4, -0.2) is 38.9 Å². The van der Waals surface area contributed by atoms with Gasteiger partial charge in [0.2, 0.25) is 10.0 Å². The standard InChI is InChI=1S/C12H16N2O4S/c1-14(9-4-5-9)19(16,17)11-6-3-8(7-10(11)13)12(15)18-2/h3,6-7,9H,4-5,13H2,1-2H3. The van der Waals surface area contributed by atoms with Crippen molar-refractivity contribution < 1.29 is 17.9 Å². The van der Waals surface area contributed by atoms with E-state index < -0.39 is 16.0 Å². The first-order chi connectivity index (χ1) is 8.87. The highest BCUT2D eigenvalue weighted by atomic mass is 32.2. The van der Waals surface area contributed by atoms with Crippen molar-refractivity contribution in [1.82, 2.24) is 4.31 Å². The highest BCUT2D eigenvalue weighted by molar-refractivity contribution is 7.89. The van der Waals surface area contributed by atoms with Crippen LogP contribution >= 0.6 is 0 Å². The molecule has 1 fully saturated rings. The van der Waals surface area contributed by atoms with Gasteiger partial charge < -0.3 is 10.5 Å². The Balaban J connectivity index is 2.38. The van der Waals surface area contributed by atoms with Crippen molar-refractivity contribution in [2.75, 3.05) is 19.9 Å².